The van der Waals surface area contributed by atoms with Gasteiger partial charge in [0.1, 0.15) is 11.8 Å². The van der Waals surface area contributed by atoms with Crippen LogP contribution in [0.25, 0.3) is 11.2 Å². The van der Waals surface area contributed by atoms with Gasteiger partial charge in [-0.05, 0) is 31.9 Å². The van der Waals surface area contributed by atoms with Crippen LogP contribution in [-0.2, 0) is 4.79 Å². The quantitative estimate of drug-likeness (QED) is 0.643. The molecule has 6 nitrogen and oxygen atoms in total. The molecular formula is C11H12Cl2N4O2. The number of imidazole rings is 1. The van der Waals surface area contributed by atoms with Gasteiger partial charge in [-0.15, -0.1) is 4.73 Å². The minimum Gasteiger partial charge on any atom is -0.333 e. The first-order valence-corrected chi connectivity index (χ1v) is 6.39. The van der Waals surface area contributed by atoms with Crippen molar-refractivity contribution in [3.8, 4) is 0 Å². The van der Waals surface area contributed by atoms with E-state index in [2.05, 4.69) is 15.0 Å². The highest BCUT2D eigenvalue weighted by atomic mass is 35.5. The molecule has 0 saturated heterocycles. The summed E-state index contributed by atoms with van der Waals surface area (Å²) in [6.07, 6.45) is 1.96. The Morgan fingerprint density at radius 3 is 2.74 bits per heavy atom. The van der Waals surface area contributed by atoms with Crippen LogP contribution in [0, 0.1) is 5.41 Å². The Hall–Kier alpha value is -1.40. The molecule has 0 aliphatic carbocycles. The molecule has 0 unspecified atom stereocenters. The second-order valence-electron chi connectivity index (χ2n) is 4.64. The van der Waals surface area contributed by atoms with E-state index in [1.54, 1.807) is 13.8 Å². The predicted octanol–water partition coefficient (Wildman–Crippen LogP) is 2.52. The van der Waals surface area contributed by atoms with Gasteiger partial charge in [0.25, 0.3) is 0 Å². The highest BCUT2D eigenvalue weighted by molar-refractivity contribution is 6.35. The van der Waals surface area contributed by atoms with Gasteiger partial charge in [-0.3, -0.25) is 0 Å². The number of carbonyl (C=O) groups is 1. The summed E-state index contributed by atoms with van der Waals surface area (Å²) >= 11 is 11.6. The van der Waals surface area contributed by atoms with Crippen molar-refractivity contribution in [1.29, 1.82) is 0 Å². The van der Waals surface area contributed by atoms with E-state index < -0.39 is 5.41 Å². The predicted molar refractivity (Wildman–Crippen MR) is 71.0 cm³/mol. The zero-order valence-electron chi connectivity index (χ0n) is 10.6. The van der Waals surface area contributed by atoms with Gasteiger partial charge in [-0.2, -0.15) is 4.98 Å². The van der Waals surface area contributed by atoms with Crippen LogP contribution in [0.2, 0.25) is 10.4 Å². The lowest BCUT2D eigenvalue weighted by molar-refractivity contribution is -0.154. The summed E-state index contributed by atoms with van der Waals surface area (Å²) in [5, 5.41) is 0.0737. The number of aromatic nitrogens is 4. The largest absolute Gasteiger partial charge is 0.338 e. The van der Waals surface area contributed by atoms with Crippen molar-refractivity contribution in [2.45, 2.75) is 27.2 Å². The maximum Gasteiger partial charge on any atom is 0.338 e. The standard InChI is InChI=1S/C11H12Cl2N4O2/c1-4-11(2,3)9(18)19-17-5-14-6-7(12)15-10(13)16-8(6)17/h5H,4H2,1-3H3. The van der Waals surface area contributed by atoms with Gasteiger partial charge in [0.15, 0.2) is 5.15 Å². The lowest BCUT2D eigenvalue weighted by Crippen LogP contribution is -2.33. The summed E-state index contributed by atoms with van der Waals surface area (Å²) in [6, 6.07) is 0. The van der Waals surface area contributed by atoms with Crippen LogP contribution in [0.5, 0.6) is 0 Å². The van der Waals surface area contributed by atoms with E-state index in [4.69, 9.17) is 28.0 Å². The van der Waals surface area contributed by atoms with E-state index in [0.29, 0.717) is 11.9 Å². The molecule has 0 N–H and O–H groups in total. The van der Waals surface area contributed by atoms with Gasteiger partial charge in [-0.1, -0.05) is 18.5 Å². The summed E-state index contributed by atoms with van der Waals surface area (Å²) in [7, 11) is 0. The summed E-state index contributed by atoms with van der Waals surface area (Å²) < 4.78 is 1.15. The van der Waals surface area contributed by atoms with Gasteiger partial charge in [-0.25, -0.2) is 14.8 Å². The summed E-state index contributed by atoms with van der Waals surface area (Å²) in [5.41, 5.74) is -0.0181. The number of nitrogens with zero attached hydrogens (tertiary/aromatic N) is 4. The Labute approximate surface area is 119 Å². The first-order valence-electron chi connectivity index (χ1n) is 5.64. The Kier molecular flexibility index (Phi) is 3.64. The number of hydrogen-bond acceptors (Lipinski definition) is 5. The number of rotatable bonds is 3. The molecule has 0 bridgehead atoms. The first kappa shape index (κ1) is 14.0. The molecule has 2 rings (SSSR count). The minimum atomic E-state index is -0.600. The first-order chi connectivity index (χ1) is 8.85. The van der Waals surface area contributed by atoms with Gasteiger partial charge < -0.3 is 4.84 Å². The minimum absolute atomic E-state index is 0.0370. The summed E-state index contributed by atoms with van der Waals surface area (Å²) in [5.74, 6) is -0.389. The number of fused-ring (bicyclic) bond motifs is 1. The molecule has 2 heterocycles. The van der Waals surface area contributed by atoms with E-state index in [0.717, 1.165) is 4.73 Å². The molecule has 102 valence electrons. The van der Waals surface area contributed by atoms with Crippen LogP contribution >= 0.6 is 23.2 Å². The molecule has 2 aromatic rings. The van der Waals surface area contributed by atoms with Crippen LogP contribution in [0.1, 0.15) is 27.2 Å². The average Bonchev–Trinajstić information content (AvgIpc) is 2.72. The lowest BCUT2D eigenvalue weighted by atomic mass is 9.91. The Morgan fingerprint density at radius 2 is 2.11 bits per heavy atom. The Balaban J connectivity index is 2.40. The molecule has 0 radical (unpaired) electrons. The second kappa shape index (κ2) is 4.94. The maximum atomic E-state index is 12.0. The third-order valence-corrected chi connectivity index (χ3v) is 3.35. The van der Waals surface area contributed by atoms with E-state index in [1.165, 1.54) is 6.33 Å². The number of hydrogen-bond donors (Lipinski definition) is 0. The molecule has 2 aromatic heterocycles. The molecule has 0 fully saturated rings. The lowest BCUT2D eigenvalue weighted by Gasteiger charge is -2.19. The molecule has 0 amide bonds. The highest BCUT2D eigenvalue weighted by Crippen LogP contribution is 2.23. The highest BCUT2D eigenvalue weighted by Gasteiger charge is 2.29. The van der Waals surface area contributed by atoms with Crippen molar-refractivity contribution in [1.82, 2.24) is 19.7 Å². The fourth-order valence-corrected chi connectivity index (χ4v) is 1.67. The molecule has 0 atom stereocenters. The van der Waals surface area contributed by atoms with E-state index in [9.17, 15) is 4.79 Å². The van der Waals surface area contributed by atoms with Crippen molar-refractivity contribution < 1.29 is 9.63 Å². The topological polar surface area (TPSA) is 69.9 Å². The molecule has 0 aromatic carbocycles. The smallest absolute Gasteiger partial charge is 0.333 e. The number of carbonyl (C=O) groups excluding carboxylic acids is 1. The van der Waals surface area contributed by atoms with Crippen LogP contribution in [0.15, 0.2) is 6.33 Å². The molecule has 19 heavy (non-hydrogen) atoms. The number of halogens is 2. The Morgan fingerprint density at radius 1 is 1.42 bits per heavy atom. The van der Waals surface area contributed by atoms with Crippen LogP contribution in [0.4, 0.5) is 0 Å². The van der Waals surface area contributed by atoms with Crippen molar-refractivity contribution in [2.75, 3.05) is 0 Å². The fraction of sp³-hybridized carbons (Fsp3) is 0.455. The molecular weight excluding hydrogens is 291 g/mol. The SMILES string of the molecule is CCC(C)(C)C(=O)On1cnc2c(Cl)nc(Cl)nc21. The van der Waals surface area contributed by atoms with E-state index >= 15 is 0 Å². The van der Waals surface area contributed by atoms with Gasteiger partial charge in [0, 0.05) is 0 Å². The molecule has 0 aliphatic heterocycles. The van der Waals surface area contributed by atoms with E-state index in [1.807, 2.05) is 6.92 Å². The second-order valence-corrected chi connectivity index (χ2v) is 5.34. The monoisotopic (exact) mass is 302 g/mol. The zero-order valence-corrected chi connectivity index (χ0v) is 12.2. The molecule has 8 heteroatoms. The van der Waals surface area contributed by atoms with Gasteiger partial charge in [0.2, 0.25) is 10.9 Å². The third kappa shape index (κ3) is 2.64. The molecule has 0 spiro atoms. The van der Waals surface area contributed by atoms with Gasteiger partial charge in [0.05, 0.1) is 5.41 Å². The van der Waals surface area contributed by atoms with Crippen molar-refractivity contribution in [3.05, 3.63) is 16.8 Å². The average molecular weight is 303 g/mol. The summed E-state index contributed by atoms with van der Waals surface area (Å²) in [4.78, 5) is 28.9. The zero-order chi connectivity index (χ0) is 14.2. The molecule has 0 saturated carbocycles. The summed E-state index contributed by atoms with van der Waals surface area (Å²) in [6.45, 7) is 5.50. The van der Waals surface area contributed by atoms with Gasteiger partial charge >= 0.3 is 5.97 Å². The van der Waals surface area contributed by atoms with E-state index in [-0.39, 0.29) is 22.1 Å². The third-order valence-electron chi connectivity index (χ3n) is 2.91. The maximum absolute atomic E-state index is 12.0. The van der Waals surface area contributed by atoms with Crippen molar-refractivity contribution in [3.63, 3.8) is 0 Å². The van der Waals surface area contributed by atoms with Crippen molar-refractivity contribution in [2.24, 2.45) is 5.41 Å². The van der Waals surface area contributed by atoms with Crippen LogP contribution in [0.3, 0.4) is 0 Å². The molecule has 0 aliphatic rings. The Bertz CT molecular complexity index is 639. The van der Waals surface area contributed by atoms with Crippen LogP contribution < -0.4 is 4.84 Å². The van der Waals surface area contributed by atoms with Crippen molar-refractivity contribution >= 4 is 40.3 Å². The normalized spacial score (nSPS) is 11.8. The fourth-order valence-electron chi connectivity index (χ4n) is 1.25. The van der Waals surface area contributed by atoms with Crippen LogP contribution in [-0.4, -0.2) is 25.7 Å².